The quantitative estimate of drug-likeness (QED) is 0.143. The molecule has 7 N–H and O–H groups in total. The van der Waals surface area contributed by atoms with E-state index in [-0.39, 0.29) is 18.6 Å². The van der Waals surface area contributed by atoms with Crippen molar-refractivity contribution in [3.8, 4) is 0 Å². The van der Waals surface area contributed by atoms with E-state index in [4.69, 9.17) is 5.73 Å². The Morgan fingerprint density at radius 1 is 1.00 bits per heavy atom. The first kappa shape index (κ1) is 26.9. The summed E-state index contributed by atoms with van der Waals surface area (Å²) in [5.41, 5.74) is 11.5. The Morgan fingerprint density at radius 3 is 2.60 bits per heavy atom. The van der Waals surface area contributed by atoms with Crippen molar-refractivity contribution in [2.24, 2.45) is 5.73 Å². The fraction of sp³-hybridized carbons (Fsp3) is 0.167. The molecule has 0 spiro atoms. The molecule has 0 radical (unpaired) electrons. The Bertz CT molecular complexity index is 1590. The standard InChI is InChI=1S/C30H32BN7O2/c31-25-17-34-30(38-28(25)35-23(18-39)14-20-16-33-27-12-5-4-11-24(20)27)37-22-10-6-9-21(15-22)36-29(40)26(32)13-19-7-2-1-3-8-19/h1-12,15-17,23,26,33,39H,13-14,18,31-32H2,(H,36,40)(H2,34,35,37,38). The number of para-hydroxylation sites is 1. The number of hydrogen-bond acceptors (Lipinski definition) is 7. The first-order chi connectivity index (χ1) is 19.5. The minimum Gasteiger partial charge on any atom is -0.394 e. The number of carbonyl (C=O) groups is 1. The fourth-order valence-electron chi connectivity index (χ4n) is 4.57. The van der Waals surface area contributed by atoms with Crippen LogP contribution in [0.15, 0.2) is 91.3 Å². The molecule has 1 amide bonds. The van der Waals surface area contributed by atoms with Crippen molar-refractivity contribution in [2.75, 3.05) is 22.6 Å². The van der Waals surface area contributed by atoms with Gasteiger partial charge in [-0.15, -0.1) is 0 Å². The van der Waals surface area contributed by atoms with Crippen molar-refractivity contribution in [1.82, 2.24) is 15.0 Å². The largest absolute Gasteiger partial charge is 0.394 e. The minimum atomic E-state index is -0.670. The third kappa shape index (κ3) is 6.66. The van der Waals surface area contributed by atoms with Crippen LogP contribution in [-0.4, -0.2) is 52.5 Å². The lowest BCUT2D eigenvalue weighted by Gasteiger charge is -2.19. The van der Waals surface area contributed by atoms with Crippen molar-refractivity contribution in [1.29, 1.82) is 0 Å². The Balaban J connectivity index is 1.23. The number of aliphatic hydroxyl groups excluding tert-OH is 1. The number of H-pyrrole nitrogens is 1. The highest BCUT2D eigenvalue weighted by Gasteiger charge is 2.16. The van der Waals surface area contributed by atoms with Gasteiger partial charge in [-0.2, -0.15) is 4.98 Å². The number of anilines is 4. The van der Waals surface area contributed by atoms with Gasteiger partial charge in [0.05, 0.1) is 18.7 Å². The second-order valence-electron chi connectivity index (χ2n) is 9.80. The zero-order valence-electron chi connectivity index (χ0n) is 22.3. The molecule has 2 heterocycles. The second kappa shape index (κ2) is 12.5. The van der Waals surface area contributed by atoms with Crippen LogP contribution in [0, 0.1) is 0 Å². The number of aromatic nitrogens is 3. The molecule has 0 fully saturated rings. The van der Waals surface area contributed by atoms with Crippen LogP contribution in [-0.2, 0) is 17.6 Å². The number of benzene rings is 3. The molecule has 3 aromatic carbocycles. The number of nitrogens with two attached hydrogens (primary N) is 1. The van der Waals surface area contributed by atoms with Gasteiger partial charge in [-0.1, -0.05) is 54.6 Å². The van der Waals surface area contributed by atoms with Crippen molar-refractivity contribution in [3.05, 3.63) is 102 Å². The molecule has 5 rings (SSSR count). The van der Waals surface area contributed by atoms with E-state index in [0.717, 1.165) is 27.5 Å². The van der Waals surface area contributed by atoms with Gasteiger partial charge >= 0.3 is 0 Å². The molecule has 2 atom stereocenters. The van der Waals surface area contributed by atoms with E-state index >= 15 is 0 Å². The Morgan fingerprint density at radius 2 is 1.77 bits per heavy atom. The van der Waals surface area contributed by atoms with Crippen LogP contribution < -0.4 is 27.1 Å². The minimum absolute atomic E-state index is 0.0557. The first-order valence-electron chi connectivity index (χ1n) is 13.2. The first-order valence-corrected chi connectivity index (χ1v) is 13.2. The lowest BCUT2D eigenvalue weighted by Crippen LogP contribution is -2.37. The number of hydrogen-bond donors (Lipinski definition) is 6. The summed E-state index contributed by atoms with van der Waals surface area (Å²) in [6.07, 6.45) is 4.79. The summed E-state index contributed by atoms with van der Waals surface area (Å²) < 4.78 is 0. The van der Waals surface area contributed by atoms with Gasteiger partial charge in [-0.25, -0.2) is 4.98 Å². The molecule has 2 aromatic heterocycles. The van der Waals surface area contributed by atoms with Crippen LogP contribution in [0.2, 0.25) is 0 Å². The molecule has 40 heavy (non-hydrogen) atoms. The molecule has 0 saturated carbocycles. The van der Waals surface area contributed by atoms with Crippen molar-refractivity contribution >= 4 is 53.3 Å². The number of aromatic amines is 1. The third-order valence-corrected chi connectivity index (χ3v) is 6.70. The van der Waals surface area contributed by atoms with Gasteiger partial charge in [0.2, 0.25) is 11.9 Å². The van der Waals surface area contributed by atoms with Crippen LogP contribution in [0.5, 0.6) is 0 Å². The predicted octanol–water partition coefficient (Wildman–Crippen LogP) is 2.48. The van der Waals surface area contributed by atoms with E-state index in [2.05, 4.69) is 37.0 Å². The zero-order chi connectivity index (χ0) is 27.9. The number of aliphatic hydroxyl groups is 1. The number of nitrogens with zero attached hydrogens (tertiary/aromatic N) is 2. The van der Waals surface area contributed by atoms with E-state index < -0.39 is 6.04 Å². The van der Waals surface area contributed by atoms with Gasteiger partial charge in [-0.05, 0) is 53.7 Å². The summed E-state index contributed by atoms with van der Waals surface area (Å²) in [5.74, 6) is 0.762. The fourth-order valence-corrected chi connectivity index (χ4v) is 4.57. The molecule has 0 aliphatic heterocycles. The van der Waals surface area contributed by atoms with Gasteiger partial charge < -0.3 is 31.8 Å². The molecule has 0 aliphatic rings. The van der Waals surface area contributed by atoms with Crippen molar-refractivity contribution in [2.45, 2.75) is 24.9 Å². The highest BCUT2D eigenvalue weighted by atomic mass is 16.3. The lowest BCUT2D eigenvalue weighted by molar-refractivity contribution is -0.117. The smallest absolute Gasteiger partial charge is 0.241 e. The Labute approximate surface area is 233 Å². The maximum Gasteiger partial charge on any atom is 0.241 e. The van der Waals surface area contributed by atoms with E-state index in [1.165, 1.54) is 0 Å². The van der Waals surface area contributed by atoms with Crippen molar-refractivity contribution < 1.29 is 9.90 Å². The molecule has 5 aromatic rings. The summed E-state index contributed by atoms with van der Waals surface area (Å²) in [6.45, 7) is -0.0557. The van der Waals surface area contributed by atoms with Crippen LogP contribution in [0.1, 0.15) is 11.1 Å². The van der Waals surface area contributed by atoms with Crippen LogP contribution in [0.25, 0.3) is 10.9 Å². The number of rotatable bonds is 11. The molecule has 0 saturated heterocycles. The van der Waals surface area contributed by atoms with Gasteiger partial charge in [-0.3, -0.25) is 4.79 Å². The van der Waals surface area contributed by atoms with E-state index in [9.17, 15) is 9.90 Å². The van der Waals surface area contributed by atoms with Crippen LogP contribution in [0.3, 0.4) is 0 Å². The summed E-state index contributed by atoms with van der Waals surface area (Å²) in [4.78, 5) is 25.0. The maximum absolute atomic E-state index is 12.7. The SMILES string of the molecule is Bc1cnc(Nc2cccc(NC(=O)C(N)Cc3ccccc3)c2)nc1NC(CO)Cc1c[nH]c2ccccc12. The topological polar surface area (TPSA) is 141 Å². The average Bonchev–Trinajstić information content (AvgIpc) is 3.37. The molecule has 9 nitrogen and oxygen atoms in total. The molecule has 202 valence electrons. The van der Waals surface area contributed by atoms with Crippen LogP contribution in [0.4, 0.5) is 23.1 Å². The van der Waals surface area contributed by atoms with Gasteiger partial charge in [0, 0.05) is 34.7 Å². The Kier molecular flexibility index (Phi) is 8.39. The molecule has 0 bridgehead atoms. The highest BCUT2D eigenvalue weighted by Crippen LogP contribution is 2.21. The lowest BCUT2D eigenvalue weighted by atomic mass is 9.98. The molecule has 0 aliphatic carbocycles. The second-order valence-corrected chi connectivity index (χ2v) is 9.80. The molecular weight excluding hydrogens is 501 g/mol. The molecular formula is C30H32BN7O2. The zero-order valence-corrected chi connectivity index (χ0v) is 22.3. The van der Waals surface area contributed by atoms with Crippen LogP contribution >= 0.6 is 0 Å². The van der Waals surface area contributed by atoms with Crippen molar-refractivity contribution in [3.63, 3.8) is 0 Å². The summed E-state index contributed by atoms with van der Waals surface area (Å²) in [5, 5.41) is 20.7. The highest BCUT2D eigenvalue weighted by molar-refractivity contribution is 6.35. The number of amides is 1. The normalized spacial score (nSPS) is 12.6. The monoisotopic (exact) mass is 533 g/mol. The predicted molar refractivity (Wildman–Crippen MR) is 163 cm³/mol. The molecule has 10 heteroatoms. The third-order valence-electron chi connectivity index (χ3n) is 6.70. The average molecular weight is 533 g/mol. The van der Waals surface area contributed by atoms with Gasteiger partial charge in [0.25, 0.3) is 0 Å². The number of nitrogens with one attached hydrogen (secondary N) is 4. The van der Waals surface area contributed by atoms with E-state index in [1.54, 1.807) is 18.3 Å². The maximum atomic E-state index is 12.7. The van der Waals surface area contributed by atoms with E-state index in [0.29, 0.717) is 36.0 Å². The summed E-state index contributed by atoms with van der Waals surface area (Å²) >= 11 is 0. The van der Waals surface area contributed by atoms with Gasteiger partial charge in [0.1, 0.15) is 13.7 Å². The van der Waals surface area contributed by atoms with Gasteiger partial charge in [0.15, 0.2) is 0 Å². The van der Waals surface area contributed by atoms with E-state index in [1.807, 2.05) is 74.7 Å². The number of fused-ring (bicyclic) bond motifs is 1. The number of carbonyl (C=O) groups excluding carboxylic acids is 1. The molecule has 2 unspecified atom stereocenters. The summed E-state index contributed by atoms with van der Waals surface area (Å²) in [6, 6.07) is 24.2. The Hall–Kier alpha value is -4.67. The summed E-state index contributed by atoms with van der Waals surface area (Å²) in [7, 11) is 1.92.